The van der Waals surface area contributed by atoms with Crippen LogP contribution in [0.2, 0.25) is 0 Å². The van der Waals surface area contributed by atoms with Crippen molar-refractivity contribution in [3.8, 4) is 0 Å². The SMILES string of the molecule is Cc1nc2ccccc2c(=O)n1CC(O)CN1CCc2ccccc2C1. The predicted octanol–water partition coefficient (Wildman–Crippen LogP) is 2.12. The molecular weight excluding hydrogens is 326 g/mol. The Bertz CT molecular complexity index is 996. The van der Waals surface area contributed by atoms with Gasteiger partial charge in [-0.2, -0.15) is 0 Å². The minimum atomic E-state index is -0.611. The standard InChI is InChI=1S/C21H23N3O2/c1-15-22-20-9-5-4-8-19(20)21(26)24(15)14-18(25)13-23-11-10-16-6-2-3-7-17(16)12-23/h2-9,18,25H,10-14H2,1H3. The molecule has 5 heteroatoms. The van der Waals surface area contributed by atoms with Gasteiger partial charge in [0.2, 0.25) is 0 Å². The lowest BCUT2D eigenvalue weighted by molar-refractivity contribution is 0.0903. The van der Waals surface area contributed by atoms with E-state index in [0.717, 1.165) is 19.5 Å². The molecule has 2 heterocycles. The van der Waals surface area contributed by atoms with Gasteiger partial charge in [0.1, 0.15) is 5.82 Å². The summed E-state index contributed by atoms with van der Waals surface area (Å²) in [4.78, 5) is 19.5. The fourth-order valence-corrected chi connectivity index (χ4v) is 3.77. The zero-order valence-corrected chi connectivity index (χ0v) is 14.9. The zero-order chi connectivity index (χ0) is 18.1. The summed E-state index contributed by atoms with van der Waals surface area (Å²) in [6.07, 6.45) is 0.388. The topological polar surface area (TPSA) is 58.4 Å². The molecule has 134 valence electrons. The third kappa shape index (κ3) is 3.28. The number of hydrogen-bond acceptors (Lipinski definition) is 4. The van der Waals surface area contributed by atoms with Crippen LogP contribution in [0.5, 0.6) is 0 Å². The highest BCUT2D eigenvalue weighted by Crippen LogP contribution is 2.18. The average Bonchev–Trinajstić information content (AvgIpc) is 2.65. The van der Waals surface area contributed by atoms with E-state index in [2.05, 4.69) is 34.1 Å². The molecule has 0 amide bonds. The van der Waals surface area contributed by atoms with Gasteiger partial charge in [-0.3, -0.25) is 14.3 Å². The van der Waals surface area contributed by atoms with Crippen LogP contribution >= 0.6 is 0 Å². The van der Waals surface area contributed by atoms with Gasteiger partial charge < -0.3 is 5.11 Å². The van der Waals surface area contributed by atoms with Gasteiger partial charge in [0.15, 0.2) is 0 Å². The molecule has 1 unspecified atom stereocenters. The van der Waals surface area contributed by atoms with E-state index in [1.807, 2.05) is 25.1 Å². The van der Waals surface area contributed by atoms with E-state index in [4.69, 9.17) is 0 Å². The van der Waals surface area contributed by atoms with Crippen LogP contribution < -0.4 is 5.56 Å². The number of nitrogens with zero attached hydrogens (tertiary/aromatic N) is 3. The molecule has 26 heavy (non-hydrogen) atoms. The van der Waals surface area contributed by atoms with Gasteiger partial charge in [0.25, 0.3) is 5.56 Å². The van der Waals surface area contributed by atoms with Crippen molar-refractivity contribution in [2.24, 2.45) is 0 Å². The number of aryl methyl sites for hydroxylation is 1. The Morgan fingerprint density at radius 2 is 1.81 bits per heavy atom. The fraction of sp³-hybridized carbons (Fsp3) is 0.333. The molecular formula is C21H23N3O2. The smallest absolute Gasteiger partial charge is 0.261 e. The Kier molecular flexibility index (Phi) is 4.57. The van der Waals surface area contributed by atoms with Gasteiger partial charge in [0, 0.05) is 19.6 Å². The molecule has 1 aromatic heterocycles. The van der Waals surface area contributed by atoms with Crippen molar-refractivity contribution >= 4 is 10.9 Å². The number of aromatic nitrogens is 2. The number of rotatable bonds is 4. The molecule has 0 spiro atoms. The maximum Gasteiger partial charge on any atom is 0.261 e. The van der Waals surface area contributed by atoms with Crippen LogP contribution in [0.1, 0.15) is 17.0 Å². The first-order valence-corrected chi connectivity index (χ1v) is 9.05. The van der Waals surface area contributed by atoms with Crippen molar-refractivity contribution in [1.82, 2.24) is 14.5 Å². The van der Waals surface area contributed by atoms with Crippen LogP contribution in [0.25, 0.3) is 10.9 Å². The second kappa shape index (κ2) is 7.02. The van der Waals surface area contributed by atoms with Gasteiger partial charge in [0.05, 0.1) is 23.6 Å². The Morgan fingerprint density at radius 1 is 1.08 bits per heavy atom. The molecule has 0 saturated carbocycles. The number of aliphatic hydroxyl groups is 1. The maximum absolute atomic E-state index is 12.7. The Morgan fingerprint density at radius 3 is 2.65 bits per heavy atom. The van der Waals surface area contributed by atoms with Crippen LogP contribution in [0, 0.1) is 6.92 Å². The second-order valence-electron chi connectivity index (χ2n) is 7.00. The van der Waals surface area contributed by atoms with Crippen LogP contribution in [-0.4, -0.2) is 38.8 Å². The minimum absolute atomic E-state index is 0.0869. The largest absolute Gasteiger partial charge is 0.390 e. The molecule has 4 rings (SSSR count). The number of β-amino-alcohol motifs (C(OH)–C–C–N with tert-alkyl or cyclic N) is 1. The lowest BCUT2D eigenvalue weighted by Gasteiger charge is -2.30. The predicted molar refractivity (Wildman–Crippen MR) is 102 cm³/mol. The number of benzene rings is 2. The molecule has 3 aromatic rings. The molecule has 0 aliphatic carbocycles. The van der Waals surface area contributed by atoms with Crippen molar-refractivity contribution in [3.63, 3.8) is 0 Å². The fourth-order valence-electron chi connectivity index (χ4n) is 3.77. The maximum atomic E-state index is 12.7. The first kappa shape index (κ1) is 16.9. The Labute approximate surface area is 152 Å². The van der Waals surface area contributed by atoms with E-state index in [-0.39, 0.29) is 12.1 Å². The summed E-state index contributed by atoms with van der Waals surface area (Å²) in [6.45, 7) is 4.40. The molecule has 1 aliphatic heterocycles. The van der Waals surface area contributed by atoms with Crippen molar-refractivity contribution < 1.29 is 5.11 Å². The summed E-state index contributed by atoms with van der Waals surface area (Å²) in [5, 5.41) is 11.2. The van der Waals surface area contributed by atoms with Gasteiger partial charge >= 0.3 is 0 Å². The summed E-state index contributed by atoms with van der Waals surface area (Å²) >= 11 is 0. The van der Waals surface area contributed by atoms with Crippen LogP contribution in [-0.2, 0) is 19.5 Å². The minimum Gasteiger partial charge on any atom is -0.390 e. The van der Waals surface area contributed by atoms with E-state index < -0.39 is 6.10 Å². The molecule has 1 N–H and O–H groups in total. The molecule has 1 aliphatic rings. The third-order valence-corrected chi connectivity index (χ3v) is 5.12. The van der Waals surface area contributed by atoms with Crippen molar-refractivity contribution in [2.75, 3.05) is 13.1 Å². The van der Waals surface area contributed by atoms with E-state index >= 15 is 0 Å². The highest BCUT2D eigenvalue weighted by Gasteiger charge is 2.19. The summed E-state index contributed by atoms with van der Waals surface area (Å²) in [5.41, 5.74) is 3.33. The summed E-state index contributed by atoms with van der Waals surface area (Å²) in [6, 6.07) is 15.8. The average molecular weight is 349 g/mol. The number of hydrogen-bond donors (Lipinski definition) is 1. The molecule has 5 nitrogen and oxygen atoms in total. The highest BCUT2D eigenvalue weighted by atomic mass is 16.3. The number of para-hydroxylation sites is 1. The van der Waals surface area contributed by atoms with Crippen molar-refractivity contribution in [3.05, 3.63) is 75.8 Å². The van der Waals surface area contributed by atoms with Crippen LogP contribution in [0.15, 0.2) is 53.3 Å². The van der Waals surface area contributed by atoms with Crippen molar-refractivity contribution in [1.29, 1.82) is 0 Å². The second-order valence-corrected chi connectivity index (χ2v) is 7.00. The lowest BCUT2D eigenvalue weighted by atomic mass is 10.00. The van der Waals surface area contributed by atoms with E-state index in [1.54, 1.807) is 10.6 Å². The van der Waals surface area contributed by atoms with Gasteiger partial charge in [-0.25, -0.2) is 4.98 Å². The highest BCUT2D eigenvalue weighted by molar-refractivity contribution is 5.77. The molecule has 0 saturated heterocycles. The lowest BCUT2D eigenvalue weighted by Crippen LogP contribution is -2.40. The van der Waals surface area contributed by atoms with Gasteiger partial charge in [-0.1, -0.05) is 36.4 Å². The first-order chi connectivity index (χ1) is 12.6. The summed E-state index contributed by atoms with van der Waals surface area (Å²) in [7, 11) is 0. The van der Waals surface area contributed by atoms with Gasteiger partial charge in [-0.05, 0) is 36.6 Å². The number of fused-ring (bicyclic) bond motifs is 2. The molecule has 0 radical (unpaired) electrons. The molecule has 2 aromatic carbocycles. The monoisotopic (exact) mass is 349 g/mol. The zero-order valence-electron chi connectivity index (χ0n) is 14.9. The Balaban J connectivity index is 1.50. The van der Waals surface area contributed by atoms with E-state index in [0.29, 0.717) is 23.3 Å². The molecule has 0 fully saturated rings. The van der Waals surface area contributed by atoms with Gasteiger partial charge in [-0.15, -0.1) is 0 Å². The summed E-state index contributed by atoms with van der Waals surface area (Å²) in [5.74, 6) is 0.636. The Hall–Kier alpha value is -2.50. The third-order valence-electron chi connectivity index (χ3n) is 5.12. The van der Waals surface area contributed by atoms with Crippen LogP contribution in [0.3, 0.4) is 0 Å². The summed E-state index contributed by atoms with van der Waals surface area (Å²) < 4.78 is 1.59. The first-order valence-electron chi connectivity index (χ1n) is 9.05. The van der Waals surface area contributed by atoms with E-state index in [1.165, 1.54) is 11.1 Å². The van der Waals surface area contributed by atoms with Crippen molar-refractivity contribution in [2.45, 2.75) is 32.5 Å². The normalized spacial score (nSPS) is 15.8. The molecule has 0 bridgehead atoms. The quantitative estimate of drug-likeness (QED) is 0.784. The van der Waals surface area contributed by atoms with Crippen LogP contribution in [0.4, 0.5) is 0 Å². The van der Waals surface area contributed by atoms with E-state index in [9.17, 15) is 9.90 Å². The molecule has 1 atom stereocenters. The number of aliphatic hydroxyl groups excluding tert-OH is 1.